The first-order valence-corrected chi connectivity index (χ1v) is 5.86. The second kappa shape index (κ2) is 5.91. The molecule has 98 valence electrons. The molecule has 5 nitrogen and oxygen atoms in total. The maximum Gasteiger partial charge on any atom is 0.408 e. The van der Waals surface area contributed by atoms with Gasteiger partial charge in [-0.15, -0.1) is 0 Å². The fraction of sp³-hybridized carbons (Fsp3) is 0.750. The number of hydrogen-bond donors (Lipinski definition) is 2. The summed E-state index contributed by atoms with van der Waals surface area (Å²) in [6.45, 7) is 6.74. The van der Waals surface area contributed by atoms with Crippen molar-refractivity contribution in [3.63, 3.8) is 0 Å². The summed E-state index contributed by atoms with van der Waals surface area (Å²) in [6, 6.07) is -0.00884. The van der Waals surface area contributed by atoms with Gasteiger partial charge in [0, 0.05) is 0 Å². The van der Waals surface area contributed by atoms with Gasteiger partial charge < -0.3 is 20.1 Å². The van der Waals surface area contributed by atoms with E-state index in [1.807, 2.05) is 33.9 Å². The van der Waals surface area contributed by atoms with Gasteiger partial charge in [0.2, 0.25) is 0 Å². The van der Waals surface area contributed by atoms with Gasteiger partial charge in [0.25, 0.3) is 0 Å². The Kier molecular flexibility index (Phi) is 4.81. The number of rotatable bonds is 3. The monoisotopic (exact) mass is 242 g/mol. The van der Waals surface area contributed by atoms with Gasteiger partial charge in [0.05, 0.1) is 12.6 Å². The molecule has 0 aromatic carbocycles. The van der Waals surface area contributed by atoms with E-state index in [4.69, 9.17) is 9.47 Å². The van der Waals surface area contributed by atoms with Crippen LogP contribution >= 0.6 is 0 Å². The molecular formula is C12H22N2O3. The highest BCUT2D eigenvalue weighted by Crippen LogP contribution is 2.11. The number of hydrogen-bond acceptors (Lipinski definition) is 4. The average molecular weight is 242 g/mol. The zero-order valence-corrected chi connectivity index (χ0v) is 11.0. The number of carbonyl (C=O) groups is 1. The van der Waals surface area contributed by atoms with E-state index in [0.29, 0.717) is 6.61 Å². The smallest absolute Gasteiger partial charge is 0.408 e. The molecule has 0 bridgehead atoms. The number of nitrogens with one attached hydrogen (secondary N) is 2. The van der Waals surface area contributed by atoms with Crippen molar-refractivity contribution in [1.29, 1.82) is 0 Å². The van der Waals surface area contributed by atoms with E-state index < -0.39 is 11.7 Å². The Bertz CT molecular complexity index is 295. The highest BCUT2D eigenvalue weighted by molar-refractivity contribution is 5.68. The molecule has 1 aliphatic heterocycles. The van der Waals surface area contributed by atoms with E-state index in [1.54, 1.807) is 0 Å². The summed E-state index contributed by atoms with van der Waals surface area (Å²) in [5, 5.41) is 5.81. The number of likely N-dealkylation sites (N-methyl/N-ethyl adjacent to an activating group) is 1. The maximum absolute atomic E-state index is 11.5. The van der Waals surface area contributed by atoms with Gasteiger partial charge in [-0.25, -0.2) is 4.79 Å². The Morgan fingerprint density at radius 2 is 2.29 bits per heavy atom. The van der Waals surface area contributed by atoms with Crippen LogP contribution in [0.5, 0.6) is 0 Å². The molecule has 0 aromatic heterocycles. The Balaban J connectivity index is 2.33. The molecule has 0 aromatic rings. The van der Waals surface area contributed by atoms with Crippen molar-refractivity contribution < 1.29 is 14.3 Å². The van der Waals surface area contributed by atoms with Crippen molar-refractivity contribution in [3.8, 4) is 0 Å². The van der Waals surface area contributed by atoms with Crippen LogP contribution in [-0.4, -0.2) is 37.9 Å². The van der Waals surface area contributed by atoms with Crippen LogP contribution in [0.25, 0.3) is 0 Å². The zero-order valence-electron chi connectivity index (χ0n) is 11.0. The van der Waals surface area contributed by atoms with Gasteiger partial charge in [0.1, 0.15) is 18.0 Å². The molecule has 5 heteroatoms. The van der Waals surface area contributed by atoms with Crippen molar-refractivity contribution in [2.75, 3.05) is 20.2 Å². The van der Waals surface area contributed by atoms with Crippen LogP contribution in [0.3, 0.4) is 0 Å². The lowest BCUT2D eigenvalue weighted by atomic mass is 10.1. The largest absolute Gasteiger partial charge is 0.495 e. The average Bonchev–Trinajstić information content (AvgIpc) is 2.18. The van der Waals surface area contributed by atoms with Crippen LogP contribution < -0.4 is 10.6 Å². The van der Waals surface area contributed by atoms with Gasteiger partial charge >= 0.3 is 6.09 Å². The van der Waals surface area contributed by atoms with Crippen LogP contribution in [0.4, 0.5) is 4.79 Å². The van der Waals surface area contributed by atoms with Crippen LogP contribution in [0.1, 0.15) is 27.2 Å². The fourth-order valence-electron chi connectivity index (χ4n) is 1.48. The first-order chi connectivity index (χ1) is 7.90. The third-order valence-electron chi connectivity index (χ3n) is 2.17. The Morgan fingerprint density at radius 1 is 1.59 bits per heavy atom. The van der Waals surface area contributed by atoms with Crippen LogP contribution in [0.2, 0.25) is 0 Å². The summed E-state index contributed by atoms with van der Waals surface area (Å²) in [5.74, 6) is 0.926. The molecule has 1 atom stereocenters. The summed E-state index contributed by atoms with van der Waals surface area (Å²) in [4.78, 5) is 11.5. The minimum atomic E-state index is -0.466. The number of alkyl carbamates (subject to hydrolysis) is 1. The second-order valence-electron chi connectivity index (χ2n) is 5.09. The van der Waals surface area contributed by atoms with Crippen molar-refractivity contribution in [1.82, 2.24) is 10.6 Å². The third-order valence-corrected chi connectivity index (χ3v) is 2.17. The molecule has 0 fully saturated rings. The van der Waals surface area contributed by atoms with Crippen molar-refractivity contribution in [3.05, 3.63) is 11.8 Å². The Labute approximate surface area is 103 Å². The van der Waals surface area contributed by atoms with Crippen molar-refractivity contribution in [2.24, 2.45) is 0 Å². The lowest BCUT2D eigenvalue weighted by molar-refractivity contribution is 0.0462. The second-order valence-corrected chi connectivity index (χ2v) is 5.09. The summed E-state index contributed by atoms with van der Waals surface area (Å²) in [6.07, 6.45) is 2.37. The van der Waals surface area contributed by atoms with Gasteiger partial charge in [-0.05, 0) is 40.3 Å². The Morgan fingerprint density at radius 3 is 2.76 bits per heavy atom. The summed E-state index contributed by atoms with van der Waals surface area (Å²) in [5.41, 5.74) is -0.466. The molecule has 0 aliphatic carbocycles. The first kappa shape index (κ1) is 13.8. The molecule has 1 aliphatic rings. The molecule has 0 unspecified atom stereocenters. The van der Waals surface area contributed by atoms with E-state index in [9.17, 15) is 4.79 Å². The zero-order chi connectivity index (χ0) is 12.9. The summed E-state index contributed by atoms with van der Waals surface area (Å²) in [7, 11) is 1.87. The minimum Gasteiger partial charge on any atom is -0.495 e. The highest BCUT2D eigenvalue weighted by atomic mass is 16.6. The van der Waals surface area contributed by atoms with Crippen molar-refractivity contribution >= 4 is 6.09 Å². The third kappa shape index (κ3) is 5.58. The molecule has 17 heavy (non-hydrogen) atoms. The standard InChI is InChI=1S/C12H22N2O3/c1-12(2,3)17-11(15)14-9-5-6-10(7-13-4)16-8-9/h6,9,13H,5,7-8H2,1-4H3,(H,14,15)/t9-/m1/s1. The fourth-order valence-corrected chi connectivity index (χ4v) is 1.48. The molecule has 0 radical (unpaired) electrons. The molecule has 0 saturated heterocycles. The van der Waals surface area contributed by atoms with E-state index in [1.165, 1.54) is 0 Å². The highest BCUT2D eigenvalue weighted by Gasteiger charge is 2.21. The Hall–Kier alpha value is -1.23. The normalized spacial score (nSPS) is 20.2. The van der Waals surface area contributed by atoms with Crippen LogP contribution in [0, 0.1) is 0 Å². The molecule has 1 heterocycles. The van der Waals surface area contributed by atoms with E-state index in [-0.39, 0.29) is 6.04 Å². The van der Waals surface area contributed by atoms with Gasteiger partial charge in [0.15, 0.2) is 0 Å². The number of ether oxygens (including phenoxy) is 2. The SMILES string of the molecule is CNCC1=CC[C@@H](NC(=O)OC(C)(C)C)CO1. The lowest BCUT2D eigenvalue weighted by Gasteiger charge is -2.26. The molecular weight excluding hydrogens is 220 g/mol. The summed E-state index contributed by atoms with van der Waals surface area (Å²) >= 11 is 0. The minimum absolute atomic E-state index is 0.00884. The van der Waals surface area contributed by atoms with Gasteiger partial charge in [-0.2, -0.15) is 0 Å². The predicted octanol–water partition coefficient (Wildman–Crippen LogP) is 1.40. The number of amides is 1. The topological polar surface area (TPSA) is 59.6 Å². The summed E-state index contributed by atoms with van der Waals surface area (Å²) < 4.78 is 10.7. The van der Waals surface area contributed by atoms with Crippen molar-refractivity contribution in [2.45, 2.75) is 38.8 Å². The predicted molar refractivity (Wildman–Crippen MR) is 65.7 cm³/mol. The van der Waals surface area contributed by atoms with Gasteiger partial charge in [-0.1, -0.05) is 0 Å². The van der Waals surface area contributed by atoms with E-state index >= 15 is 0 Å². The molecule has 0 spiro atoms. The van der Waals surface area contributed by atoms with Gasteiger partial charge in [-0.3, -0.25) is 0 Å². The molecule has 1 rings (SSSR count). The van der Waals surface area contributed by atoms with Crippen LogP contribution in [-0.2, 0) is 9.47 Å². The molecule has 1 amide bonds. The first-order valence-electron chi connectivity index (χ1n) is 5.86. The van der Waals surface area contributed by atoms with E-state index in [0.717, 1.165) is 18.7 Å². The quantitative estimate of drug-likeness (QED) is 0.785. The maximum atomic E-state index is 11.5. The molecule has 2 N–H and O–H groups in total. The number of carbonyl (C=O) groups excluding carboxylic acids is 1. The van der Waals surface area contributed by atoms with E-state index in [2.05, 4.69) is 10.6 Å². The van der Waals surface area contributed by atoms with Crippen LogP contribution in [0.15, 0.2) is 11.8 Å². The lowest BCUT2D eigenvalue weighted by Crippen LogP contribution is -2.42. The molecule has 0 saturated carbocycles.